The van der Waals surface area contributed by atoms with E-state index in [9.17, 15) is 10.1 Å². The molecule has 0 saturated heterocycles. The van der Waals surface area contributed by atoms with Crippen LogP contribution in [0.15, 0.2) is 66.8 Å². The molecule has 0 aliphatic heterocycles. The maximum absolute atomic E-state index is 12.9. The van der Waals surface area contributed by atoms with E-state index in [-0.39, 0.29) is 12.2 Å². The van der Waals surface area contributed by atoms with Crippen molar-refractivity contribution in [3.63, 3.8) is 0 Å². The third-order valence-corrected chi connectivity index (χ3v) is 6.53. The van der Waals surface area contributed by atoms with Gasteiger partial charge in [-0.15, -0.1) is 6.58 Å². The predicted molar refractivity (Wildman–Crippen MR) is 151 cm³/mol. The summed E-state index contributed by atoms with van der Waals surface area (Å²) in [6.07, 6.45) is 3.73. The second kappa shape index (κ2) is 13.2. The Morgan fingerprint density at radius 1 is 1.08 bits per heavy atom. The summed E-state index contributed by atoms with van der Waals surface area (Å²) in [5.74, 6) is 0.482. The van der Waals surface area contributed by atoms with Gasteiger partial charge >= 0.3 is 0 Å². The van der Waals surface area contributed by atoms with Gasteiger partial charge in [0, 0.05) is 16.3 Å². The fourth-order valence-corrected chi connectivity index (χ4v) is 4.03. The Morgan fingerprint density at radius 3 is 2.54 bits per heavy atom. The molecule has 0 unspecified atom stereocenters. The van der Waals surface area contributed by atoms with Crippen molar-refractivity contribution in [2.75, 3.05) is 11.9 Å². The van der Waals surface area contributed by atoms with Crippen LogP contribution in [0.4, 0.5) is 5.69 Å². The van der Waals surface area contributed by atoms with Gasteiger partial charge in [0.1, 0.15) is 18.2 Å². The van der Waals surface area contributed by atoms with Crippen molar-refractivity contribution in [2.45, 2.75) is 26.9 Å². The fourth-order valence-electron chi connectivity index (χ4n) is 3.53. The molecule has 5 nitrogen and oxygen atoms in total. The molecule has 1 amide bonds. The summed E-state index contributed by atoms with van der Waals surface area (Å²) in [5.41, 5.74) is 3.41. The molecule has 0 heterocycles. The summed E-state index contributed by atoms with van der Waals surface area (Å²) < 4.78 is 12.0. The van der Waals surface area contributed by atoms with Crippen LogP contribution in [0.3, 0.4) is 0 Å². The molecule has 8 heteroatoms. The lowest BCUT2D eigenvalue weighted by atomic mass is 10.0. The molecule has 0 aliphatic carbocycles. The Balaban J connectivity index is 1.94. The molecule has 190 valence electrons. The molecule has 0 saturated carbocycles. The average molecular weight is 556 g/mol. The molecule has 37 heavy (non-hydrogen) atoms. The number of anilines is 1. The van der Waals surface area contributed by atoms with Crippen LogP contribution in [-0.2, 0) is 17.8 Å². The van der Waals surface area contributed by atoms with E-state index in [0.717, 1.165) is 11.1 Å². The van der Waals surface area contributed by atoms with Gasteiger partial charge < -0.3 is 14.8 Å². The smallest absolute Gasteiger partial charge is 0.266 e. The highest BCUT2D eigenvalue weighted by Gasteiger charge is 2.16. The molecule has 0 fully saturated rings. The Kier molecular flexibility index (Phi) is 10.0. The number of hydrogen-bond acceptors (Lipinski definition) is 4. The molecular weight excluding hydrogens is 531 g/mol. The second-order valence-electron chi connectivity index (χ2n) is 8.01. The molecule has 3 rings (SSSR count). The molecule has 3 aromatic rings. The lowest BCUT2D eigenvalue weighted by Crippen LogP contribution is -2.14. The van der Waals surface area contributed by atoms with Gasteiger partial charge in [-0.3, -0.25) is 4.79 Å². The van der Waals surface area contributed by atoms with Crippen molar-refractivity contribution in [2.24, 2.45) is 0 Å². The molecule has 3 aromatic carbocycles. The van der Waals surface area contributed by atoms with Crippen LogP contribution < -0.4 is 14.8 Å². The first-order valence-electron chi connectivity index (χ1n) is 11.4. The quantitative estimate of drug-likeness (QED) is 0.155. The lowest BCUT2D eigenvalue weighted by molar-refractivity contribution is -0.112. The van der Waals surface area contributed by atoms with Gasteiger partial charge in [-0.05, 0) is 79.4 Å². The van der Waals surface area contributed by atoms with Crippen LogP contribution in [0.2, 0.25) is 15.1 Å². The fraction of sp³-hybridized carbons (Fsp3) is 0.172. The Hall–Kier alpha value is -3.43. The highest BCUT2D eigenvalue weighted by Crippen LogP contribution is 2.36. The summed E-state index contributed by atoms with van der Waals surface area (Å²) in [7, 11) is 0. The number of amides is 1. The van der Waals surface area contributed by atoms with Gasteiger partial charge in [-0.1, -0.05) is 53.0 Å². The summed E-state index contributed by atoms with van der Waals surface area (Å²) in [4.78, 5) is 12.9. The number of nitrogens with zero attached hydrogens (tertiary/aromatic N) is 1. The highest BCUT2D eigenvalue weighted by molar-refractivity contribution is 6.42. The third kappa shape index (κ3) is 7.30. The number of ether oxygens (including phenoxy) is 2. The topological polar surface area (TPSA) is 71.4 Å². The van der Waals surface area contributed by atoms with E-state index >= 15 is 0 Å². The number of halogens is 3. The van der Waals surface area contributed by atoms with Crippen molar-refractivity contribution in [3.8, 4) is 17.6 Å². The number of nitriles is 1. The maximum atomic E-state index is 12.9. The van der Waals surface area contributed by atoms with E-state index in [1.165, 1.54) is 6.08 Å². The van der Waals surface area contributed by atoms with Crippen molar-refractivity contribution < 1.29 is 14.3 Å². The maximum Gasteiger partial charge on any atom is 0.266 e. The first-order chi connectivity index (χ1) is 17.8. The van der Waals surface area contributed by atoms with E-state index in [1.807, 2.05) is 25.1 Å². The molecule has 0 bridgehead atoms. The number of rotatable bonds is 10. The zero-order valence-electron chi connectivity index (χ0n) is 20.4. The van der Waals surface area contributed by atoms with Gasteiger partial charge in [0.2, 0.25) is 0 Å². The highest BCUT2D eigenvalue weighted by atomic mass is 35.5. The van der Waals surface area contributed by atoms with Crippen molar-refractivity contribution in [1.29, 1.82) is 5.26 Å². The van der Waals surface area contributed by atoms with Gasteiger partial charge in [-0.2, -0.15) is 5.26 Å². The number of carbonyl (C=O) groups is 1. The molecular formula is C29H25Cl3N2O3. The number of hydrogen-bond donors (Lipinski definition) is 1. The molecule has 0 spiro atoms. The van der Waals surface area contributed by atoms with Crippen LogP contribution in [0, 0.1) is 18.3 Å². The average Bonchev–Trinajstić information content (AvgIpc) is 2.87. The van der Waals surface area contributed by atoms with E-state index in [1.54, 1.807) is 49.4 Å². The van der Waals surface area contributed by atoms with E-state index in [0.29, 0.717) is 56.4 Å². The number of benzene rings is 3. The zero-order valence-corrected chi connectivity index (χ0v) is 22.7. The minimum Gasteiger partial charge on any atom is -0.490 e. The molecule has 0 aliphatic rings. The number of allylic oxidation sites excluding steroid dienone is 1. The minimum atomic E-state index is -0.545. The first kappa shape index (κ1) is 28.1. The van der Waals surface area contributed by atoms with Crippen LogP contribution in [0.5, 0.6) is 11.5 Å². The Morgan fingerprint density at radius 2 is 1.86 bits per heavy atom. The summed E-state index contributed by atoms with van der Waals surface area (Å²) >= 11 is 18.3. The summed E-state index contributed by atoms with van der Waals surface area (Å²) in [5, 5.41) is 13.9. The van der Waals surface area contributed by atoms with Crippen molar-refractivity contribution in [3.05, 3.63) is 104 Å². The number of nitrogens with one attached hydrogen (secondary N) is 1. The van der Waals surface area contributed by atoms with Crippen LogP contribution in [0.1, 0.15) is 29.2 Å². The standard InChI is InChI=1S/C29H25Cl3N2O3/c1-4-7-21-12-20(13-22(16-33)29(35)34-26-9-6-8-23(30)18(26)3)15-27(36-5-2)28(21)37-17-19-10-11-24(31)25(32)14-19/h4,6,8-15H,1,5,7,17H2,2-3H3,(H,34,35)/b22-13+. The third-order valence-electron chi connectivity index (χ3n) is 5.38. The SMILES string of the molecule is C=CCc1cc(/C=C(\C#N)C(=O)Nc2cccc(Cl)c2C)cc(OCC)c1OCc1ccc(Cl)c(Cl)c1. The van der Waals surface area contributed by atoms with E-state index in [4.69, 9.17) is 44.3 Å². The van der Waals surface area contributed by atoms with Gasteiger partial charge in [0.25, 0.3) is 5.91 Å². The zero-order chi connectivity index (χ0) is 26.9. The monoisotopic (exact) mass is 554 g/mol. The molecule has 1 N–H and O–H groups in total. The molecule has 0 atom stereocenters. The van der Waals surface area contributed by atoms with Gasteiger partial charge in [0.15, 0.2) is 11.5 Å². The Bertz CT molecular complexity index is 1390. The predicted octanol–water partition coefficient (Wildman–Crippen LogP) is 8.21. The van der Waals surface area contributed by atoms with Crippen LogP contribution in [0.25, 0.3) is 6.08 Å². The normalized spacial score (nSPS) is 11.0. The van der Waals surface area contributed by atoms with E-state index in [2.05, 4.69) is 11.9 Å². The minimum absolute atomic E-state index is 0.0733. The molecule has 0 radical (unpaired) electrons. The second-order valence-corrected chi connectivity index (χ2v) is 9.23. The largest absolute Gasteiger partial charge is 0.490 e. The summed E-state index contributed by atoms with van der Waals surface area (Å²) in [6.45, 7) is 8.12. The first-order valence-corrected chi connectivity index (χ1v) is 12.6. The summed E-state index contributed by atoms with van der Waals surface area (Å²) in [6, 6.07) is 16.0. The number of carbonyl (C=O) groups excluding carboxylic acids is 1. The lowest BCUT2D eigenvalue weighted by Gasteiger charge is -2.17. The Labute approximate surface area is 231 Å². The molecule has 0 aromatic heterocycles. The van der Waals surface area contributed by atoms with Gasteiger partial charge in [-0.25, -0.2) is 0 Å². The van der Waals surface area contributed by atoms with Crippen molar-refractivity contribution in [1.82, 2.24) is 0 Å². The van der Waals surface area contributed by atoms with Gasteiger partial charge in [0.05, 0.1) is 16.7 Å². The van der Waals surface area contributed by atoms with Crippen LogP contribution in [-0.4, -0.2) is 12.5 Å². The van der Waals surface area contributed by atoms with E-state index < -0.39 is 5.91 Å². The van der Waals surface area contributed by atoms with Crippen LogP contribution >= 0.6 is 34.8 Å². The van der Waals surface area contributed by atoms with Crippen molar-refractivity contribution >= 4 is 52.5 Å².